The van der Waals surface area contributed by atoms with Crippen molar-refractivity contribution in [3.8, 4) is 0 Å². The van der Waals surface area contributed by atoms with E-state index in [1.807, 2.05) is 6.92 Å². The van der Waals surface area contributed by atoms with Crippen LogP contribution in [0.15, 0.2) is 21.9 Å². The van der Waals surface area contributed by atoms with E-state index in [4.69, 9.17) is 0 Å². The third kappa shape index (κ3) is 3.88. The van der Waals surface area contributed by atoms with E-state index in [1.165, 1.54) is 10.6 Å². The van der Waals surface area contributed by atoms with Gasteiger partial charge in [-0.2, -0.15) is 0 Å². The summed E-state index contributed by atoms with van der Waals surface area (Å²) in [6.07, 6.45) is 4.40. The minimum absolute atomic E-state index is 0.178. The third-order valence-corrected chi connectivity index (χ3v) is 2.77. The molecule has 0 amide bonds. The molecular formula is C13H22N2O2. The molecule has 0 radical (unpaired) electrons. The quantitative estimate of drug-likeness (QED) is 0.759. The molecule has 0 fully saturated rings. The summed E-state index contributed by atoms with van der Waals surface area (Å²) in [7, 11) is 0. The van der Waals surface area contributed by atoms with Crippen LogP contribution in [0.5, 0.6) is 0 Å². The Morgan fingerprint density at radius 1 is 1.24 bits per heavy atom. The second-order valence-electron chi connectivity index (χ2n) is 4.82. The minimum atomic E-state index is -0.189. The minimum Gasteiger partial charge on any atom is -0.300 e. The Bertz CT molecular complexity index is 457. The predicted octanol–water partition coefficient (Wildman–Crippen LogP) is 1.86. The highest BCUT2D eigenvalue weighted by Gasteiger charge is 2.04. The molecule has 0 unspecified atom stereocenters. The molecule has 0 saturated carbocycles. The molecule has 0 aliphatic carbocycles. The van der Waals surface area contributed by atoms with Crippen molar-refractivity contribution in [3.63, 3.8) is 0 Å². The molecule has 0 saturated heterocycles. The Balaban J connectivity index is 2.86. The maximum atomic E-state index is 12.0. The zero-order valence-electron chi connectivity index (χ0n) is 11.0. The molecule has 0 aliphatic heterocycles. The fraction of sp³-hybridized carbons (Fsp3) is 0.692. The van der Waals surface area contributed by atoms with Crippen LogP contribution in [-0.4, -0.2) is 9.13 Å². The van der Waals surface area contributed by atoms with Gasteiger partial charge in [-0.1, -0.05) is 20.8 Å². The summed E-state index contributed by atoms with van der Waals surface area (Å²) in [4.78, 5) is 23.6. The summed E-state index contributed by atoms with van der Waals surface area (Å²) in [5.41, 5.74) is -0.366. The van der Waals surface area contributed by atoms with Gasteiger partial charge in [0.25, 0.3) is 5.56 Å². The summed E-state index contributed by atoms with van der Waals surface area (Å²) in [5.74, 6) is 0.604. The largest absolute Gasteiger partial charge is 0.330 e. The van der Waals surface area contributed by atoms with Gasteiger partial charge in [-0.3, -0.25) is 9.36 Å². The molecule has 0 aliphatic rings. The first-order valence-corrected chi connectivity index (χ1v) is 6.36. The van der Waals surface area contributed by atoms with E-state index in [2.05, 4.69) is 13.8 Å². The molecule has 1 rings (SSSR count). The molecule has 4 heteroatoms. The van der Waals surface area contributed by atoms with Gasteiger partial charge in [0.1, 0.15) is 0 Å². The average molecular weight is 238 g/mol. The molecule has 0 atom stereocenters. The molecule has 96 valence electrons. The maximum absolute atomic E-state index is 12.0. The highest BCUT2D eigenvalue weighted by molar-refractivity contribution is 4.86. The highest BCUT2D eigenvalue weighted by atomic mass is 16.2. The van der Waals surface area contributed by atoms with Crippen LogP contribution in [0.2, 0.25) is 0 Å². The van der Waals surface area contributed by atoms with Crippen molar-refractivity contribution in [2.24, 2.45) is 5.92 Å². The fourth-order valence-corrected chi connectivity index (χ4v) is 1.83. The first kappa shape index (κ1) is 13.7. The fourth-order valence-electron chi connectivity index (χ4n) is 1.83. The highest BCUT2D eigenvalue weighted by Crippen LogP contribution is 2.03. The van der Waals surface area contributed by atoms with Gasteiger partial charge in [-0.15, -0.1) is 0 Å². The summed E-state index contributed by atoms with van der Waals surface area (Å²) in [6.45, 7) is 7.50. The Hall–Kier alpha value is -1.32. The Morgan fingerprint density at radius 2 is 1.94 bits per heavy atom. The van der Waals surface area contributed by atoms with E-state index in [1.54, 1.807) is 10.8 Å². The molecule has 0 spiro atoms. The van der Waals surface area contributed by atoms with Crippen molar-refractivity contribution in [3.05, 3.63) is 33.1 Å². The van der Waals surface area contributed by atoms with Crippen LogP contribution in [0.25, 0.3) is 0 Å². The first-order valence-electron chi connectivity index (χ1n) is 6.36. The molecule has 0 N–H and O–H groups in total. The lowest BCUT2D eigenvalue weighted by atomic mass is 10.1. The monoisotopic (exact) mass is 238 g/mol. The van der Waals surface area contributed by atoms with Crippen molar-refractivity contribution in [2.75, 3.05) is 0 Å². The van der Waals surface area contributed by atoms with Crippen LogP contribution in [0.4, 0.5) is 0 Å². The zero-order valence-corrected chi connectivity index (χ0v) is 11.0. The van der Waals surface area contributed by atoms with Crippen LogP contribution >= 0.6 is 0 Å². The Kier molecular flexibility index (Phi) is 5.19. The van der Waals surface area contributed by atoms with Crippen molar-refractivity contribution in [2.45, 2.75) is 53.1 Å². The number of aromatic nitrogens is 2. The Labute approximate surface area is 102 Å². The number of nitrogens with zero attached hydrogens (tertiary/aromatic N) is 2. The van der Waals surface area contributed by atoms with Gasteiger partial charge < -0.3 is 4.57 Å². The van der Waals surface area contributed by atoms with Crippen LogP contribution < -0.4 is 11.2 Å². The normalized spacial score (nSPS) is 11.1. The van der Waals surface area contributed by atoms with E-state index in [-0.39, 0.29) is 11.2 Å². The molecule has 1 heterocycles. The molecule has 4 nitrogen and oxygen atoms in total. The molecule has 1 aromatic rings. The molecule has 17 heavy (non-hydrogen) atoms. The molecular weight excluding hydrogens is 216 g/mol. The lowest BCUT2D eigenvalue weighted by Gasteiger charge is -2.09. The van der Waals surface area contributed by atoms with E-state index in [9.17, 15) is 9.59 Å². The first-order chi connectivity index (χ1) is 8.06. The number of rotatable bonds is 6. The predicted molar refractivity (Wildman–Crippen MR) is 69.3 cm³/mol. The number of hydrogen-bond donors (Lipinski definition) is 0. The van der Waals surface area contributed by atoms with E-state index >= 15 is 0 Å². The summed E-state index contributed by atoms with van der Waals surface area (Å²) >= 11 is 0. The van der Waals surface area contributed by atoms with Gasteiger partial charge in [0, 0.05) is 25.4 Å². The van der Waals surface area contributed by atoms with Gasteiger partial charge in [0.05, 0.1) is 0 Å². The summed E-state index contributed by atoms with van der Waals surface area (Å²) < 4.78 is 2.95. The van der Waals surface area contributed by atoms with Crippen molar-refractivity contribution in [1.82, 2.24) is 9.13 Å². The molecule has 0 aromatic carbocycles. The van der Waals surface area contributed by atoms with Crippen LogP contribution in [0.3, 0.4) is 0 Å². The van der Waals surface area contributed by atoms with Gasteiger partial charge in [0.15, 0.2) is 0 Å². The van der Waals surface area contributed by atoms with Crippen molar-refractivity contribution >= 4 is 0 Å². The van der Waals surface area contributed by atoms with Gasteiger partial charge in [-0.05, 0) is 25.2 Å². The SMILES string of the molecule is CCCn1ccc(=O)n(CCCC(C)C)c1=O. The van der Waals surface area contributed by atoms with Gasteiger partial charge >= 0.3 is 5.69 Å². The molecule has 0 bridgehead atoms. The lowest BCUT2D eigenvalue weighted by molar-refractivity contribution is 0.477. The number of hydrogen-bond acceptors (Lipinski definition) is 2. The second-order valence-corrected chi connectivity index (χ2v) is 4.82. The standard InChI is InChI=1S/C13H22N2O2/c1-4-8-14-10-7-12(16)15(13(14)17)9-5-6-11(2)3/h7,10-11H,4-6,8-9H2,1-3H3. The van der Waals surface area contributed by atoms with Crippen LogP contribution in [-0.2, 0) is 13.1 Å². The van der Waals surface area contributed by atoms with E-state index in [0.717, 1.165) is 19.3 Å². The van der Waals surface area contributed by atoms with E-state index in [0.29, 0.717) is 19.0 Å². The average Bonchev–Trinajstić information content (AvgIpc) is 2.27. The smallest absolute Gasteiger partial charge is 0.300 e. The maximum Gasteiger partial charge on any atom is 0.330 e. The van der Waals surface area contributed by atoms with Crippen molar-refractivity contribution in [1.29, 1.82) is 0 Å². The topological polar surface area (TPSA) is 44.0 Å². The molecule has 1 aromatic heterocycles. The number of aryl methyl sites for hydroxylation is 1. The zero-order chi connectivity index (χ0) is 12.8. The Morgan fingerprint density at radius 3 is 2.53 bits per heavy atom. The van der Waals surface area contributed by atoms with E-state index < -0.39 is 0 Å². The van der Waals surface area contributed by atoms with Crippen LogP contribution in [0.1, 0.15) is 40.0 Å². The summed E-state index contributed by atoms with van der Waals surface area (Å²) in [6, 6.07) is 1.48. The van der Waals surface area contributed by atoms with Crippen LogP contribution in [0, 0.1) is 5.92 Å². The lowest BCUT2D eigenvalue weighted by Crippen LogP contribution is -2.39. The third-order valence-electron chi connectivity index (χ3n) is 2.77. The second kappa shape index (κ2) is 6.42. The van der Waals surface area contributed by atoms with Gasteiger partial charge in [0.2, 0.25) is 0 Å². The summed E-state index contributed by atoms with van der Waals surface area (Å²) in [5, 5.41) is 0. The van der Waals surface area contributed by atoms with Gasteiger partial charge in [-0.25, -0.2) is 4.79 Å². The van der Waals surface area contributed by atoms with Crippen molar-refractivity contribution < 1.29 is 0 Å².